The van der Waals surface area contributed by atoms with Gasteiger partial charge >= 0.3 is 0 Å². The highest BCUT2D eigenvalue weighted by molar-refractivity contribution is 5.51. The maximum Gasteiger partial charge on any atom is 0.122 e. The van der Waals surface area contributed by atoms with Crippen LogP contribution in [0.2, 0.25) is 0 Å². The van der Waals surface area contributed by atoms with Gasteiger partial charge in [-0.3, -0.25) is 0 Å². The van der Waals surface area contributed by atoms with Crippen LogP contribution in [0.5, 0.6) is 0 Å². The molecule has 0 radical (unpaired) electrons. The second kappa shape index (κ2) is 5.99. The molecule has 2 nitrogen and oxygen atoms in total. The van der Waals surface area contributed by atoms with Crippen LogP contribution in [0.3, 0.4) is 0 Å². The first kappa shape index (κ1) is 13.1. The first-order chi connectivity index (χ1) is 8.27. The molecule has 2 aliphatic rings. The van der Waals surface area contributed by atoms with Crippen molar-refractivity contribution in [1.82, 2.24) is 0 Å². The highest BCUT2D eigenvalue weighted by Gasteiger charge is 2.43. The third kappa shape index (κ3) is 2.90. The number of aliphatic hydroxyl groups is 1. The Morgan fingerprint density at radius 3 is 1.65 bits per heavy atom. The van der Waals surface area contributed by atoms with E-state index in [0.29, 0.717) is 18.3 Å². The van der Waals surface area contributed by atoms with Gasteiger partial charge in [0.2, 0.25) is 0 Å². The predicted molar refractivity (Wildman–Crippen MR) is 68.8 cm³/mol. The largest absolute Gasteiger partial charge is 0.389 e. The normalized spacial score (nSPS) is 24.8. The molecule has 2 aliphatic carbocycles. The molecule has 0 aromatic heterocycles. The van der Waals surface area contributed by atoms with Gasteiger partial charge in [0, 0.05) is 6.42 Å². The summed E-state index contributed by atoms with van der Waals surface area (Å²) < 4.78 is 0. The Labute approximate surface area is 105 Å². The Morgan fingerprint density at radius 2 is 1.29 bits per heavy atom. The van der Waals surface area contributed by atoms with E-state index in [9.17, 15) is 9.90 Å². The molecule has 17 heavy (non-hydrogen) atoms. The first-order valence-electron chi connectivity index (χ1n) is 7.43. The Bertz CT molecular complexity index is 219. The van der Waals surface area contributed by atoms with Crippen molar-refractivity contribution in [2.75, 3.05) is 0 Å². The van der Waals surface area contributed by atoms with E-state index < -0.39 is 5.60 Å². The van der Waals surface area contributed by atoms with Crippen molar-refractivity contribution in [3.8, 4) is 0 Å². The maximum absolute atomic E-state index is 11.0. The lowest BCUT2D eigenvalue weighted by Gasteiger charge is -2.44. The molecule has 98 valence electrons. The molecule has 0 spiro atoms. The lowest BCUT2D eigenvalue weighted by atomic mass is 9.65. The Hall–Kier alpha value is -0.370. The van der Waals surface area contributed by atoms with Gasteiger partial charge in [-0.05, 0) is 37.5 Å². The van der Waals surface area contributed by atoms with E-state index in [4.69, 9.17) is 0 Å². The lowest BCUT2D eigenvalue weighted by molar-refractivity contribution is -0.126. The van der Waals surface area contributed by atoms with Crippen molar-refractivity contribution >= 4 is 6.29 Å². The van der Waals surface area contributed by atoms with E-state index >= 15 is 0 Å². The second-order valence-corrected chi connectivity index (χ2v) is 6.03. The number of hydrogen-bond acceptors (Lipinski definition) is 2. The molecule has 0 bridgehead atoms. The van der Waals surface area contributed by atoms with Crippen LogP contribution in [0.25, 0.3) is 0 Å². The van der Waals surface area contributed by atoms with Gasteiger partial charge in [0.1, 0.15) is 6.29 Å². The molecule has 0 amide bonds. The fourth-order valence-electron chi connectivity index (χ4n) is 4.01. The van der Waals surface area contributed by atoms with Crippen LogP contribution < -0.4 is 0 Å². The van der Waals surface area contributed by atoms with Gasteiger partial charge in [0.05, 0.1) is 5.60 Å². The standard InChI is InChI=1S/C15H26O2/c16-12-11-15(17,13-7-3-1-4-8-13)14-9-5-2-6-10-14/h12-14,17H,1-11H2. The zero-order valence-corrected chi connectivity index (χ0v) is 10.9. The molecule has 0 aromatic carbocycles. The van der Waals surface area contributed by atoms with Gasteiger partial charge in [-0.25, -0.2) is 0 Å². The quantitative estimate of drug-likeness (QED) is 0.761. The molecule has 0 aromatic rings. The second-order valence-electron chi connectivity index (χ2n) is 6.03. The third-order valence-electron chi connectivity index (χ3n) is 5.03. The topological polar surface area (TPSA) is 37.3 Å². The summed E-state index contributed by atoms with van der Waals surface area (Å²) in [5.41, 5.74) is -0.678. The van der Waals surface area contributed by atoms with Crippen LogP contribution in [0, 0.1) is 11.8 Å². The van der Waals surface area contributed by atoms with E-state index in [1.165, 1.54) is 38.5 Å². The molecule has 0 unspecified atom stereocenters. The molecular weight excluding hydrogens is 212 g/mol. The Kier molecular flexibility index (Phi) is 4.61. The smallest absolute Gasteiger partial charge is 0.122 e. The SMILES string of the molecule is O=CCC(O)(C1CCCCC1)C1CCCCC1. The number of aldehydes is 1. The number of carbonyl (C=O) groups is 1. The summed E-state index contributed by atoms with van der Waals surface area (Å²) in [7, 11) is 0. The molecule has 2 heteroatoms. The van der Waals surface area contributed by atoms with Crippen LogP contribution in [0.15, 0.2) is 0 Å². The average molecular weight is 238 g/mol. The molecule has 1 N–H and O–H groups in total. The molecule has 2 fully saturated rings. The van der Waals surface area contributed by atoms with Crippen LogP contribution >= 0.6 is 0 Å². The Balaban J connectivity index is 2.08. The molecule has 0 heterocycles. The number of hydrogen-bond donors (Lipinski definition) is 1. The predicted octanol–water partition coefficient (Wildman–Crippen LogP) is 3.47. The fourth-order valence-corrected chi connectivity index (χ4v) is 4.01. The highest BCUT2D eigenvalue weighted by atomic mass is 16.3. The minimum absolute atomic E-state index is 0.363. The molecular formula is C15H26O2. The van der Waals surface area contributed by atoms with Crippen molar-refractivity contribution in [3.05, 3.63) is 0 Å². The first-order valence-corrected chi connectivity index (χ1v) is 7.43. The van der Waals surface area contributed by atoms with Crippen LogP contribution in [-0.2, 0) is 4.79 Å². The zero-order chi connectivity index (χ0) is 12.1. The minimum Gasteiger partial charge on any atom is -0.389 e. The Morgan fingerprint density at radius 1 is 0.882 bits per heavy atom. The summed E-state index contributed by atoms with van der Waals surface area (Å²) in [4.78, 5) is 10.9. The molecule has 0 saturated heterocycles. The van der Waals surface area contributed by atoms with Crippen molar-refractivity contribution in [3.63, 3.8) is 0 Å². The summed E-state index contributed by atoms with van der Waals surface area (Å²) >= 11 is 0. The van der Waals surface area contributed by atoms with Gasteiger partial charge in [-0.1, -0.05) is 38.5 Å². The van der Waals surface area contributed by atoms with Gasteiger partial charge in [0.15, 0.2) is 0 Å². The van der Waals surface area contributed by atoms with E-state index in [-0.39, 0.29) is 0 Å². The maximum atomic E-state index is 11.0. The minimum atomic E-state index is -0.678. The van der Waals surface area contributed by atoms with Gasteiger partial charge < -0.3 is 9.90 Å². The summed E-state index contributed by atoms with van der Waals surface area (Å²) in [6, 6.07) is 0. The number of carbonyl (C=O) groups excluding carboxylic acids is 1. The molecule has 0 atom stereocenters. The molecule has 0 aliphatic heterocycles. The van der Waals surface area contributed by atoms with E-state index in [1.54, 1.807) is 0 Å². The summed E-state index contributed by atoms with van der Waals surface area (Å²) in [5.74, 6) is 0.758. The van der Waals surface area contributed by atoms with Crippen LogP contribution in [0.1, 0.15) is 70.6 Å². The monoisotopic (exact) mass is 238 g/mol. The lowest BCUT2D eigenvalue weighted by Crippen LogP contribution is -2.47. The van der Waals surface area contributed by atoms with Gasteiger partial charge in [0.25, 0.3) is 0 Å². The van der Waals surface area contributed by atoms with Gasteiger partial charge in [-0.15, -0.1) is 0 Å². The summed E-state index contributed by atoms with van der Waals surface area (Å²) in [5, 5.41) is 11.0. The zero-order valence-electron chi connectivity index (χ0n) is 10.9. The fraction of sp³-hybridized carbons (Fsp3) is 0.933. The third-order valence-corrected chi connectivity index (χ3v) is 5.03. The highest BCUT2D eigenvalue weighted by Crippen LogP contribution is 2.44. The van der Waals surface area contributed by atoms with E-state index in [1.807, 2.05) is 0 Å². The molecule has 2 rings (SSSR count). The van der Waals surface area contributed by atoms with Gasteiger partial charge in [-0.2, -0.15) is 0 Å². The van der Waals surface area contributed by atoms with Crippen molar-refractivity contribution in [2.45, 2.75) is 76.2 Å². The van der Waals surface area contributed by atoms with Crippen LogP contribution in [-0.4, -0.2) is 17.0 Å². The van der Waals surface area contributed by atoms with Crippen LogP contribution in [0.4, 0.5) is 0 Å². The number of rotatable bonds is 4. The summed E-state index contributed by atoms with van der Waals surface area (Å²) in [6.07, 6.45) is 13.4. The van der Waals surface area contributed by atoms with Crippen molar-refractivity contribution in [1.29, 1.82) is 0 Å². The summed E-state index contributed by atoms with van der Waals surface area (Å²) in [6.45, 7) is 0. The van der Waals surface area contributed by atoms with E-state index in [0.717, 1.165) is 32.0 Å². The van der Waals surface area contributed by atoms with Crippen molar-refractivity contribution < 1.29 is 9.90 Å². The van der Waals surface area contributed by atoms with Crippen molar-refractivity contribution in [2.24, 2.45) is 11.8 Å². The average Bonchev–Trinajstić information content (AvgIpc) is 2.41. The molecule has 2 saturated carbocycles. The van der Waals surface area contributed by atoms with E-state index in [2.05, 4.69) is 0 Å².